The molecule has 0 aromatic carbocycles. The first kappa shape index (κ1) is 15.5. The van der Waals surface area contributed by atoms with Crippen LogP contribution in [0.2, 0.25) is 11.1 Å². The Morgan fingerprint density at radius 3 is 1.47 bits per heavy atom. The zero-order valence-corrected chi connectivity index (χ0v) is 14.0. The van der Waals surface area contributed by atoms with E-state index in [0.29, 0.717) is 0 Å². The minimum Gasteiger partial charge on any atom is -0.394 e. The molecule has 0 saturated heterocycles. The van der Waals surface area contributed by atoms with Crippen molar-refractivity contribution in [2.45, 2.75) is 89.1 Å². The van der Waals surface area contributed by atoms with Crippen LogP contribution in [0, 0.1) is 0 Å². The molecule has 2 rings (SSSR count). The van der Waals surface area contributed by atoms with Crippen LogP contribution in [0.5, 0.6) is 0 Å². The molecule has 0 unspecified atom stereocenters. The highest BCUT2D eigenvalue weighted by Gasteiger charge is 2.53. The van der Waals surface area contributed by atoms with Gasteiger partial charge in [-0.25, -0.2) is 0 Å². The molecule has 0 amide bonds. The molecule has 0 atom stereocenters. The van der Waals surface area contributed by atoms with Crippen molar-refractivity contribution >= 4 is 8.56 Å². The fraction of sp³-hybridized carbons (Fsp3) is 1.00. The molecule has 2 saturated carbocycles. The minimum absolute atomic E-state index is 0.762. The van der Waals surface area contributed by atoms with E-state index in [0.717, 1.165) is 24.3 Å². The third-order valence-corrected chi connectivity index (χ3v) is 10.00. The Bertz CT molecular complexity index is 239. The van der Waals surface area contributed by atoms with Crippen molar-refractivity contribution in [1.29, 1.82) is 0 Å². The number of rotatable bonds is 6. The Hall–Kier alpha value is 0.137. The highest BCUT2D eigenvalue weighted by atomic mass is 28.4. The van der Waals surface area contributed by atoms with Gasteiger partial charge in [0.15, 0.2) is 0 Å². The topological polar surface area (TPSA) is 18.5 Å². The molecule has 0 bridgehead atoms. The van der Waals surface area contributed by atoms with E-state index >= 15 is 0 Å². The molecule has 0 aliphatic heterocycles. The smallest absolute Gasteiger partial charge is 0.344 e. The number of hydrogen-bond donors (Lipinski definition) is 0. The maximum Gasteiger partial charge on any atom is 0.344 e. The molecule has 2 aliphatic rings. The summed E-state index contributed by atoms with van der Waals surface area (Å²) in [6.45, 7) is 6.00. The largest absolute Gasteiger partial charge is 0.394 e. The molecule has 0 radical (unpaired) electrons. The lowest BCUT2D eigenvalue weighted by Crippen LogP contribution is -2.53. The van der Waals surface area contributed by atoms with Crippen molar-refractivity contribution in [2.75, 3.05) is 13.2 Å². The van der Waals surface area contributed by atoms with Gasteiger partial charge < -0.3 is 8.85 Å². The Labute approximate surface area is 120 Å². The van der Waals surface area contributed by atoms with Crippen molar-refractivity contribution < 1.29 is 8.85 Å². The molecular weight excluding hydrogens is 252 g/mol. The van der Waals surface area contributed by atoms with Crippen LogP contribution in [0.3, 0.4) is 0 Å². The zero-order valence-electron chi connectivity index (χ0n) is 13.0. The highest BCUT2D eigenvalue weighted by Crippen LogP contribution is 2.50. The van der Waals surface area contributed by atoms with Crippen molar-refractivity contribution in [3.8, 4) is 0 Å². The van der Waals surface area contributed by atoms with E-state index in [1.54, 1.807) is 0 Å². The van der Waals surface area contributed by atoms with E-state index in [1.807, 2.05) is 0 Å². The van der Waals surface area contributed by atoms with Crippen LogP contribution < -0.4 is 0 Å². The molecule has 3 heteroatoms. The zero-order chi connectivity index (χ0) is 13.6. The second-order valence-electron chi connectivity index (χ2n) is 6.26. The minimum atomic E-state index is -1.97. The van der Waals surface area contributed by atoms with Crippen molar-refractivity contribution in [3.05, 3.63) is 0 Å². The summed E-state index contributed by atoms with van der Waals surface area (Å²) in [5.74, 6) is 0. The Morgan fingerprint density at radius 1 is 0.684 bits per heavy atom. The van der Waals surface area contributed by atoms with Gasteiger partial charge in [-0.3, -0.25) is 0 Å². The first-order valence-corrected chi connectivity index (χ1v) is 10.6. The van der Waals surface area contributed by atoms with Crippen LogP contribution >= 0.6 is 0 Å². The summed E-state index contributed by atoms with van der Waals surface area (Å²) in [5, 5.41) is 0. The fourth-order valence-corrected chi connectivity index (χ4v) is 8.99. The van der Waals surface area contributed by atoms with Crippen LogP contribution in [0.4, 0.5) is 0 Å². The van der Waals surface area contributed by atoms with Gasteiger partial charge in [-0.05, 0) is 39.5 Å². The first-order valence-electron chi connectivity index (χ1n) is 8.61. The van der Waals surface area contributed by atoms with Gasteiger partial charge in [-0.2, -0.15) is 0 Å². The molecule has 0 heterocycles. The predicted molar refractivity (Wildman–Crippen MR) is 82.7 cm³/mol. The van der Waals surface area contributed by atoms with E-state index in [4.69, 9.17) is 8.85 Å². The van der Waals surface area contributed by atoms with Gasteiger partial charge in [-0.15, -0.1) is 0 Å². The summed E-state index contributed by atoms with van der Waals surface area (Å²) in [7, 11) is -1.97. The van der Waals surface area contributed by atoms with Crippen LogP contribution in [0.15, 0.2) is 0 Å². The summed E-state index contributed by atoms with van der Waals surface area (Å²) in [5.41, 5.74) is 1.55. The molecule has 0 N–H and O–H groups in total. The summed E-state index contributed by atoms with van der Waals surface area (Å²) in [6, 6.07) is 0. The average Bonchev–Trinajstić information content (AvgIpc) is 2.26. The Morgan fingerprint density at radius 2 is 1.11 bits per heavy atom. The molecule has 0 aromatic heterocycles. The molecule has 2 nitrogen and oxygen atoms in total. The van der Waals surface area contributed by atoms with Crippen molar-refractivity contribution in [3.63, 3.8) is 0 Å². The van der Waals surface area contributed by atoms with Gasteiger partial charge in [0.2, 0.25) is 0 Å². The third-order valence-electron chi connectivity index (χ3n) is 5.09. The first-order chi connectivity index (χ1) is 9.33. The van der Waals surface area contributed by atoms with Gasteiger partial charge in [0, 0.05) is 24.3 Å². The second kappa shape index (κ2) is 7.80. The van der Waals surface area contributed by atoms with E-state index in [1.165, 1.54) is 64.2 Å². The van der Waals surface area contributed by atoms with E-state index in [2.05, 4.69) is 13.8 Å². The Kier molecular flexibility index (Phi) is 6.37. The highest BCUT2D eigenvalue weighted by molar-refractivity contribution is 6.70. The standard InChI is InChI=1S/C16H32O2Si/c1-3-17-19(18-4-2,16-13-10-14-16)15-11-8-6-5-7-9-12-15/h15-16H,3-14H2,1-2H3. The average molecular weight is 285 g/mol. The van der Waals surface area contributed by atoms with E-state index in [-0.39, 0.29) is 0 Å². The predicted octanol–water partition coefficient (Wildman–Crippen LogP) is 5.17. The molecule has 0 spiro atoms. The second-order valence-corrected chi connectivity index (χ2v) is 9.91. The van der Waals surface area contributed by atoms with Gasteiger partial charge in [0.05, 0.1) is 0 Å². The lowest BCUT2D eigenvalue weighted by atomic mass is 9.99. The molecule has 112 valence electrons. The maximum absolute atomic E-state index is 6.43. The summed E-state index contributed by atoms with van der Waals surface area (Å²) in [4.78, 5) is 0. The van der Waals surface area contributed by atoms with Crippen LogP contribution in [-0.4, -0.2) is 21.8 Å². The van der Waals surface area contributed by atoms with Gasteiger partial charge in [0.1, 0.15) is 0 Å². The molecular formula is C16H32O2Si. The molecule has 2 aliphatic carbocycles. The molecule has 2 fully saturated rings. The van der Waals surface area contributed by atoms with Gasteiger partial charge in [0.25, 0.3) is 0 Å². The lowest BCUT2D eigenvalue weighted by Gasteiger charge is -2.46. The van der Waals surface area contributed by atoms with Gasteiger partial charge in [-0.1, -0.05) is 38.5 Å². The SMILES string of the molecule is CCO[Si](OCC)(C1CCCCCCC1)C1CCC1. The lowest BCUT2D eigenvalue weighted by molar-refractivity contribution is 0.142. The van der Waals surface area contributed by atoms with E-state index in [9.17, 15) is 0 Å². The van der Waals surface area contributed by atoms with E-state index < -0.39 is 8.56 Å². The van der Waals surface area contributed by atoms with Gasteiger partial charge >= 0.3 is 8.56 Å². The fourth-order valence-electron chi connectivity index (χ4n) is 3.97. The normalized spacial score (nSPS) is 23.7. The van der Waals surface area contributed by atoms with Crippen LogP contribution in [-0.2, 0) is 8.85 Å². The summed E-state index contributed by atoms with van der Waals surface area (Å²) in [6.07, 6.45) is 13.9. The number of hydrogen-bond acceptors (Lipinski definition) is 2. The van der Waals surface area contributed by atoms with Crippen LogP contribution in [0.1, 0.15) is 78.1 Å². The van der Waals surface area contributed by atoms with Crippen molar-refractivity contribution in [1.82, 2.24) is 0 Å². The molecule has 19 heavy (non-hydrogen) atoms. The summed E-state index contributed by atoms with van der Waals surface area (Å²) < 4.78 is 12.9. The third kappa shape index (κ3) is 3.62. The summed E-state index contributed by atoms with van der Waals surface area (Å²) >= 11 is 0. The molecule has 0 aromatic rings. The van der Waals surface area contributed by atoms with Crippen molar-refractivity contribution in [2.24, 2.45) is 0 Å². The quantitative estimate of drug-likeness (QED) is 0.626. The maximum atomic E-state index is 6.43. The monoisotopic (exact) mass is 284 g/mol. The van der Waals surface area contributed by atoms with Crippen LogP contribution in [0.25, 0.3) is 0 Å². The Balaban J connectivity index is 2.11.